The molecule has 7 heteroatoms. The normalized spacial score (nSPS) is 13.3. The minimum Gasteiger partial charge on any atom is -0.479 e. The van der Waals surface area contributed by atoms with Crippen molar-refractivity contribution in [3.05, 3.63) is 51.5 Å². The van der Waals surface area contributed by atoms with Crippen molar-refractivity contribution in [3.63, 3.8) is 0 Å². The number of nitrogens with zero attached hydrogens (tertiary/aromatic N) is 1. The predicted molar refractivity (Wildman–Crippen MR) is 92.5 cm³/mol. The smallest absolute Gasteiger partial charge is 0.264 e. The van der Waals surface area contributed by atoms with Gasteiger partial charge in [0.05, 0.1) is 16.4 Å². The zero-order chi connectivity index (χ0) is 16.6. The van der Waals surface area contributed by atoms with Crippen molar-refractivity contribution in [1.82, 2.24) is 0 Å². The van der Waals surface area contributed by atoms with E-state index in [0.29, 0.717) is 32.2 Å². The van der Waals surface area contributed by atoms with Crippen LogP contribution in [0.3, 0.4) is 0 Å². The van der Waals surface area contributed by atoms with E-state index in [2.05, 4.69) is 21.2 Å². The summed E-state index contributed by atoms with van der Waals surface area (Å²) in [4.78, 5) is 25.6. The van der Waals surface area contributed by atoms with E-state index >= 15 is 0 Å². The fourth-order valence-corrected chi connectivity index (χ4v) is 2.73. The van der Waals surface area contributed by atoms with Crippen molar-refractivity contribution < 1.29 is 14.3 Å². The first kappa shape index (κ1) is 15.8. The van der Waals surface area contributed by atoms with Crippen LogP contribution in [0.1, 0.15) is 10.4 Å². The Kier molecular flexibility index (Phi) is 4.28. The third kappa shape index (κ3) is 3.04. The van der Waals surface area contributed by atoms with Crippen molar-refractivity contribution in [2.24, 2.45) is 0 Å². The van der Waals surface area contributed by atoms with Crippen LogP contribution in [0.25, 0.3) is 0 Å². The number of nitrogens with one attached hydrogen (secondary N) is 1. The second kappa shape index (κ2) is 6.22. The summed E-state index contributed by atoms with van der Waals surface area (Å²) in [6.45, 7) is -0.0527. The lowest BCUT2D eigenvalue weighted by Gasteiger charge is -2.27. The number of para-hydroxylation sites is 1. The number of likely N-dealkylation sites (N-methyl/N-ethyl adjacent to an activating group) is 1. The lowest BCUT2D eigenvalue weighted by Crippen LogP contribution is -2.35. The molecule has 0 saturated carbocycles. The summed E-state index contributed by atoms with van der Waals surface area (Å²) in [6, 6.07) is 10.2. The molecule has 0 aromatic heterocycles. The molecule has 0 saturated heterocycles. The van der Waals surface area contributed by atoms with Crippen LogP contribution in [-0.4, -0.2) is 25.5 Å². The Morgan fingerprint density at radius 3 is 2.87 bits per heavy atom. The SMILES string of the molecule is CN1C(=O)COc2c(NC(=O)c3ccc(Cl)c(Br)c3)cccc21. The zero-order valence-corrected chi connectivity index (χ0v) is 14.4. The number of hydrogen-bond acceptors (Lipinski definition) is 3. The number of amides is 2. The van der Waals surface area contributed by atoms with E-state index in [9.17, 15) is 9.59 Å². The van der Waals surface area contributed by atoms with Crippen LogP contribution in [0, 0.1) is 0 Å². The van der Waals surface area contributed by atoms with Gasteiger partial charge in [-0.1, -0.05) is 17.7 Å². The first-order valence-corrected chi connectivity index (χ1v) is 7.93. The maximum atomic E-state index is 12.4. The molecular formula is C16H12BrClN2O3. The zero-order valence-electron chi connectivity index (χ0n) is 12.1. The molecule has 2 amide bonds. The second-order valence-electron chi connectivity index (χ2n) is 4.98. The van der Waals surface area contributed by atoms with Crippen molar-refractivity contribution >= 4 is 50.7 Å². The Hall–Kier alpha value is -2.05. The van der Waals surface area contributed by atoms with Crippen LogP contribution < -0.4 is 15.0 Å². The van der Waals surface area contributed by atoms with Gasteiger partial charge in [0.25, 0.3) is 11.8 Å². The highest BCUT2D eigenvalue weighted by molar-refractivity contribution is 9.10. The Morgan fingerprint density at radius 2 is 2.13 bits per heavy atom. The molecule has 0 aliphatic carbocycles. The minimum atomic E-state index is -0.293. The van der Waals surface area contributed by atoms with Gasteiger partial charge < -0.3 is 15.0 Å². The highest BCUT2D eigenvalue weighted by Gasteiger charge is 2.25. The first-order chi connectivity index (χ1) is 11.0. The van der Waals surface area contributed by atoms with Crippen molar-refractivity contribution in [3.8, 4) is 5.75 Å². The van der Waals surface area contributed by atoms with Crippen molar-refractivity contribution in [1.29, 1.82) is 0 Å². The maximum absolute atomic E-state index is 12.4. The Balaban J connectivity index is 1.90. The Bertz CT molecular complexity index is 810. The molecule has 0 atom stereocenters. The van der Waals surface area contributed by atoms with E-state index in [0.717, 1.165) is 0 Å². The topological polar surface area (TPSA) is 58.6 Å². The van der Waals surface area contributed by atoms with E-state index in [1.165, 1.54) is 4.90 Å². The lowest BCUT2D eigenvalue weighted by molar-refractivity contribution is -0.120. The van der Waals surface area contributed by atoms with Gasteiger partial charge in [0.15, 0.2) is 12.4 Å². The summed E-state index contributed by atoms with van der Waals surface area (Å²) in [6.07, 6.45) is 0. The molecule has 1 heterocycles. The maximum Gasteiger partial charge on any atom is 0.264 e. The fraction of sp³-hybridized carbons (Fsp3) is 0.125. The van der Waals surface area contributed by atoms with E-state index in [4.69, 9.17) is 16.3 Å². The van der Waals surface area contributed by atoms with E-state index in [1.54, 1.807) is 43.4 Å². The van der Waals surface area contributed by atoms with E-state index < -0.39 is 0 Å². The van der Waals surface area contributed by atoms with Crippen LogP contribution in [-0.2, 0) is 4.79 Å². The summed E-state index contributed by atoms with van der Waals surface area (Å²) in [7, 11) is 1.67. The van der Waals surface area contributed by atoms with E-state index in [-0.39, 0.29) is 18.4 Å². The highest BCUT2D eigenvalue weighted by atomic mass is 79.9. The van der Waals surface area contributed by atoms with Gasteiger partial charge >= 0.3 is 0 Å². The molecule has 118 valence electrons. The number of carbonyl (C=O) groups is 2. The molecule has 0 unspecified atom stereocenters. The number of anilines is 2. The standard InChI is InChI=1S/C16H12BrClN2O3/c1-20-13-4-2-3-12(15(13)23-8-14(20)21)19-16(22)9-5-6-11(18)10(17)7-9/h2-7H,8H2,1H3,(H,19,22). The fourth-order valence-electron chi connectivity index (χ4n) is 2.24. The number of benzene rings is 2. The Morgan fingerprint density at radius 1 is 1.35 bits per heavy atom. The van der Waals surface area contributed by atoms with Gasteiger partial charge in [0.1, 0.15) is 0 Å². The number of carbonyl (C=O) groups excluding carboxylic acids is 2. The predicted octanol–water partition coefficient (Wildman–Crippen LogP) is 3.71. The molecule has 0 fully saturated rings. The van der Waals surface area contributed by atoms with Gasteiger partial charge in [-0.05, 0) is 46.3 Å². The van der Waals surface area contributed by atoms with Crippen LogP contribution >= 0.6 is 27.5 Å². The molecule has 0 spiro atoms. The molecule has 23 heavy (non-hydrogen) atoms. The van der Waals surface area contributed by atoms with Crippen molar-refractivity contribution in [2.45, 2.75) is 0 Å². The summed E-state index contributed by atoms with van der Waals surface area (Å²) in [5.74, 6) is 0.0532. The molecule has 2 aromatic rings. The van der Waals surface area contributed by atoms with Crippen LogP contribution in [0.15, 0.2) is 40.9 Å². The molecular weight excluding hydrogens is 384 g/mol. The number of hydrogen-bond donors (Lipinski definition) is 1. The van der Waals surface area contributed by atoms with Gasteiger partial charge in [-0.2, -0.15) is 0 Å². The first-order valence-electron chi connectivity index (χ1n) is 6.76. The van der Waals surface area contributed by atoms with E-state index in [1.807, 2.05) is 0 Å². The largest absolute Gasteiger partial charge is 0.479 e. The number of halogens is 2. The summed E-state index contributed by atoms with van der Waals surface area (Å²) >= 11 is 9.23. The average molecular weight is 396 g/mol. The number of ether oxygens (including phenoxy) is 1. The molecule has 2 aromatic carbocycles. The Labute approximate surface area is 146 Å². The quantitative estimate of drug-likeness (QED) is 0.843. The molecule has 1 aliphatic heterocycles. The van der Waals surface area contributed by atoms with Gasteiger partial charge in [-0.3, -0.25) is 9.59 Å². The minimum absolute atomic E-state index is 0.0527. The molecule has 1 N–H and O–H groups in total. The molecule has 5 nitrogen and oxygen atoms in total. The monoisotopic (exact) mass is 394 g/mol. The average Bonchev–Trinajstić information content (AvgIpc) is 2.54. The summed E-state index contributed by atoms with van der Waals surface area (Å²) < 4.78 is 6.12. The molecule has 3 rings (SSSR count). The van der Waals surface area contributed by atoms with Gasteiger partial charge in [0, 0.05) is 17.1 Å². The van der Waals surface area contributed by atoms with Gasteiger partial charge in [-0.25, -0.2) is 0 Å². The number of fused-ring (bicyclic) bond motifs is 1. The molecule has 1 aliphatic rings. The lowest BCUT2D eigenvalue weighted by atomic mass is 10.1. The van der Waals surface area contributed by atoms with Gasteiger partial charge in [0.2, 0.25) is 0 Å². The van der Waals surface area contributed by atoms with Gasteiger partial charge in [-0.15, -0.1) is 0 Å². The second-order valence-corrected chi connectivity index (χ2v) is 6.24. The van der Waals surface area contributed by atoms with Crippen LogP contribution in [0.4, 0.5) is 11.4 Å². The summed E-state index contributed by atoms with van der Waals surface area (Å²) in [5, 5.41) is 3.33. The molecule has 0 bridgehead atoms. The van der Waals surface area contributed by atoms with Crippen molar-refractivity contribution in [2.75, 3.05) is 23.9 Å². The third-order valence-electron chi connectivity index (χ3n) is 3.50. The number of rotatable bonds is 2. The third-order valence-corrected chi connectivity index (χ3v) is 4.71. The summed E-state index contributed by atoms with van der Waals surface area (Å²) in [5.41, 5.74) is 1.59. The van der Waals surface area contributed by atoms with Crippen LogP contribution in [0.5, 0.6) is 5.75 Å². The molecule has 0 radical (unpaired) electrons. The highest BCUT2D eigenvalue weighted by Crippen LogP contribution is 2.38. The van der Waals surface area contributed by atoms with Crippen LogP contribution in [0.2, 0.25) is 5.02 Å².